The van der Waals surface area contributed by atoms with Gasteiger partial charge in [-0.15, -0.1) is 11.3 Å². The molecular weight excluding hydrogens is 561 g/mol. The zero-order valence-corrected chi connectivity index (χ0v) is 24.3. The minimum atomic E-state index is -0.249. The van der Waals surface area contributed by atoms with Gasteiger partial charge < -0.3 is 9.73 Å². The van der Waals surface area contributed by atoms with Crippen molar-refractivity contribution in [3.63, 3.8) is 0 Å². The van der Waals surface area contributed by atoms with Crippen LogP contribution in [0.5, 0.6) is 0 Å². The first kappa shape index (κ1) is 25.0. The third-order valence-electron chi connectivity index (χ3n) is 8.17. The van der Waals surface area contributed by atoms with Crippen LogP contribution in [0.1, 0.15) is 22.9 Å². The molecule has 2 aromatic heterocycles. The van der Waals surface area contributed by atoms with Gasteiger partial charge in [-0.2, -0.15) is 0 Å². The van der Waals surface area contributed by atoms with E-state index in [0.717, 1.165) is 76.0 Å². The van der Waals surface area contributed by atoms with Crippen molar-refractivity contribution in [3.8, 4) is 10.6 Å². The lowest BCUT2D eigenvalue weighted by atomic mass is 10.0. The number of nitrogens with one attached hydrogen (secondary N) is 1. The standard InChI is InChI=1S/C38H24N4OS/c1-3-10-24(11-4-1)35-40-36(25-12-5-2-6-13-25)42-37(41-35)26-19-18-23-20-21-32-33(30(23)22-26)39-38(44-32)29-16-9-15-28-27-14-7-8-17-31(27)43-34(28)29/h1-22,35H,(H,40,41,42). The second-order valence-electron chi connectivity index (χ2n) is 10.9. The summed E-state index contributed by atoms with van der Waals surface area (Å²) in [6.07, 6.45) is -0.249. The number of aliphatic imine (C=N–C) groups is 2. The maximum atomic E-state index is 6.34. The molecule has 0 saturated carbocycles. The lowest BCUT2D eigenvalue weighted by molar-refractivity contribution is 0.670. The van der Waals surface area contributed by atoms with E-state index in [1.165, 1.54) is 0 Å². The lowest BCUT2D eigenvalue weighted by Gasteiger charge is -2.23. The highest BCUT2D eigenvalue weighted by molar-refractivity contribution is 7.21. The van der Waals surface area contributed by atoms with Crippen LogP contribution in [0.2, 0.25) is 0 Å². The summed E-state index contributed by atoms with van der Waals surface area (Å²) in [6.45, 7) is 0. The Morgan fingerprint density at radius 2 is 1.43 bits per heavy atom. The molecule has 44 heavy (non-hydrogen) atoms. The fraction of sp³-hybridized carbons (Fsp3) is 0.0263. The Labute approximate surface area is 256 Å². The predicted molar refractivity (Wildman–Crippen MR) is 182 cm³/mol. The zero-order valence-electron chi connectivity index (χ0n) is 23.4. The van der Waals surface area contributed by atoms with Gasteiger partial charge in [-0.25, -0.2) is 15.0 Å². The molecule has 5 nitrogen and oxygen atoms in total. The Bertz CT molecular complexity index is 2420. The second-order valence-corrected chi connectivity index (χ2v) is 11.9. The van der Waals surface area contributed by atoms with E-state index in [9.17, 15) is 0 Å². The first-order valence-electron chi connectivity index (χ1n) is 14.6. The van der Waals surface area contributed by atoms with Gasteiger partial charge in [-0.05, 0) is 35.2 Å². The van der Waals surface area contributed by atoms with Gasteiger partial charge in [0.1, 0.15) is 28.2 Å². The number of fused-ring (bicyclic) bond motifs is 6. The van der Waals surface area contributed by atoms with E-state index in [0.29, 0.717) is 5.84 Å². The van der Waals surface area contributed by atoms with Crippen LogP contribution in [0, 0.1) is 0 Å². The Morgan fingerprint density at radius 3 is 2.32 bits per heavy atom. The van der Waals surface area contributed by atoms with E-state index in [-0.39, 0.29) is 6.17 Å². The van der Waals surface area contributed by atoms with E-state index in [1.807, 2.05) is 54.6 Å². The molecule has 0 aliphatic carbocycles. The molecule has 208 valence electrons. The summed E-state index contributed by atoms with van der Waals surface area (Å²) in [6, 6.07) is 45.7. The number of para-hydroxylation sites is 2. The van der Waals surface area contributed by atoms with Gasteiger partial charge in [0.05, 0.1) is 15.8 Å². The molecule has 8 aromatic rings. The third kappa shape index (κ3) is 4.11. The number of furan rings is 1. The maximum Gasteiger partial charge on any atom is 0.159 e. The van der Waals surface area contributed by atoms with Crippen LogP contribution in [0.3, 0.4) is 0 Å². The van der Waals surface area contributed by atoms with Crippen LogP contribution in [-0.2, 0) is 0 Å². The number of rotatable bonds is 4. The molecule has 1 aliphatic heterocycles. The van der Waals surface area contributed by atoms with Crippen molar-refractivity contribution in [2.24, 2.45) is 9.98 Å². The molecule has 0 amide bonds. The minimum absolute atomic E-state index is 0.249. The van der Waals surface area contributed by atoms with Crippen molar-refractivity contribution < 1.29 is 4.42 Å². The van der Waals surface area contributed by atoms with Gasteiger partial charge in [-0.3, -0.25) is 0 Å². The Morgan fingerprint density at radius 1 is 0.659 bits per heavy atom. The fourth-order valence-corrected chi connectivity index (χ4v) is 7.01. The van der Waals surface area contributed by atoms with Crippen LogP contribution >= 0.6 is 11.3 Å². The molecule has 1 unspecified atom stereocenters. The van der Waals surface area contributed by atoms with Crippen molar-refractivity contribution in [1.82, 2.24) is 10.3 Å². The first-order valence-corrected chi connectivity index (χ1v) is 15.4. The van der Waals surface area contributed by atoms with Gasteiger partial charge in [0.25, 0.3) is 0 Å². The molecule has 9 rings (SSSR count). The molecule has 6 heteroatoms. The van der Waals surface area contributed by atoms with Gasteiger partial charge in [0.2, 0.25) is 0 Å². The lowest BCUT2D eigenvalue weighted by Crippen LogP contribution is -2.33. The van der Waals surface area contributed by atoms with Crippen molar-refractivity contribution >= 4 is 65.9 Å². The maximum absolute atomic E-state index is 6.34. The Balaban J connectivity index is 1.18. The summed E-state index contributed by atoms with van der Waals surface area (Å²) < 4.78 is 7.47. The van der Waals surface area contributed by atoms with Crippen LogP contribution in [0.25, 0.3) is 53.5 Å². The number of hydrogen-bond donors (Lipinski definition) is 1. The molecule has 6 aromatic carbocycles. The monoisotopic (exact) mass is 584 g/mol. The molecule has 1 atom stereocenters. The third-order valence-corrected chi connectivity index (χ3v) is 9.23. The summed E-state index contributed by atoms with van der Waals surface area (Å²) in [5, 5.41) is 8.98. The highest BCUT2D eigenvalue weighted by atomic mass is 32.1. The average molecular weight is 585 g/mol. The fourth-order valence-electron chi connectivity index (χ4n) is 6.01. The highest BCUT2D eigenvalue weighted by Gasteiger charge is 2.22. The van der Waals surface area contributed by atoms with Crippen molar-refractivity contribution in [1.29, 1.82) is 0 Å². The molecule has 0 fully saturated rings. The Hall–Kier alpha value is -5.59. The van der Waals surface area contributed by atoms with E-state index in [4.69, 9.17) is 19.4 Å². The normalized spacial score (nSPS) is 15.0. The summed E-state index contributed by atoms with van der Waals surface area (Å²) in [5.41, 5.74) is 6.81. The molecule has 0 radical (unpaired) electrons. The molecule has 0 spiro atoms. The van der Waals surface area contributed by atoms with E-state index >= 15 is 0 Å². The van der Waals surface area contributed by atoms with Gasteiger partial charge in [0.15, 0.2) is 5.84 Å². The van der Waals surface area contributed by atoms with E-state index in [2.05, 4.69) is 84.2 Å². The number of benzene rings is 6. The van der Waals surface area contributed by atoms with Gasteiger partial charge in [0, 0.05) is 27.3 Å². The van der Waals surface area contributed by atoms with E-state index in [1.54, 1.807) is 11.3 Å². The Kier molecular flexibility index (Phi) is 5.67. The molecule has 1 N–H and O–H groups in total. The van der Waals surface area contributed by atoms with Crippen LogP contribution in [-0.4, -0.2) is 16.7 Å². The van der Waals surface area contributed by atoms with Gasteiger partial charge >= 0.3 is 0 Å². The average Bonchev–Trinajstić information content (AvgIpc) is 3.71. The largest absolute Gasteiger partial charge is 0.455 e. The van der Waals surface area contributed by atoms with Crippen LogP contribution < -0.4 is 5.32 Å². The predicted octanol–water partition coefficient (Wildman–Crippen LogP) is 9.51. The summed E-state index contributed by atoms with van der Waals surface area (Å²) in [5.74, 6) is 1.50. The van der Waals surface area contributed by atoms with Crippen LogP contribution in [0.15, 0.2) is 148 Å². The van der Waals surface area contributed by atoms with Crippen LogP contribution in [0.4, 0.5) is 0 Å². The molecule has 0 saturated heterocycles. The molecule has 1 aliphatic rings. The number of hydrogen-bond acceptors (Lipinski definition) is 6. The summed E-state index contributed by atoms with van der Waals surface area (Å²) in [4.78, 5) is 15.2. The molecule has 3 heterocycles. The minimum Gasteiger partial charge on any atom is -0.455 e. The second kappa shape index (κ2) is 10.0. The smallest absolute Gasteiger partial charge is 0.159 e. The van der Waals surface area contributed by atoms with Crippen molar-refractivity contribution in [2.45, 2.75) is 6.17 Å². The zero-order chi connectivity index (χ0) is 29.0. The SMILES string of the molecule is c1ccc(C2=NC(c3ccccc3)NC(c3ccc4ccc5sc(-c6cccc7c6oc6ccccc67)nc5c4c3)=N2)cc1. The summed E-state index contributed by atoms with van der Waals surface area (Å²) in [7, 11) is 0. The number of aromatic nitrogens is 1. The number of amidine groups is 2. The number of thiazole rings is 1. The topological polar surface area (TPSA) is 62.8 Å². The van der Waals surface area contributed by atoms with Crippen molar-refractivity contribution in [2.75, 3.05) is 0 Å². The molecular formula is C38H24N4OS. The van der Waals surface area contributed by atoms with Gasteiger partial charge in [-0.1, -0.05) is 109 Å². The quantitative estimate of drug-likeness (QED) is 0.224. The van der Waals surface area contributed by atoms with Crippen molar-refractivity contribution in [3.05, 3.63) is 150 Å². The first-order chi connectivity index (χ1) is 21.8. The molecule has 0 bridgehead atoms. The van der Waals surface area contributed by atoms with E-state index < -0.39 is 0 Å². The highest BCUT2D eigenvalue weighted by Crippen LogP contribution is 2.40. The number of nitrogens with zero attached hydrogens (tertiary/aromatic N) is 3. The summed E-state index contributed by atoms with van der Waals surface area (Å²) >= 11 is 1.69.